The van der Waals surface area contributed by atoms with Gasteiger partial charge >= 0.3 is 0 Å². The number of hydrogen-bond donors (Lipinski definition) is 3. The molecule has 6 heteroatoms. The third kappa shape index (κ3) is 5.47. The second-order valence-electron chi connectivity index (χ2n) is 6.31. The lowest BCUT2D eigenvalue weighted by Gasteiger charge is -2.31. The zero-order chi connectivity index (χ0) is 14.5. The van der Waals surface area contributed by atoms with E-state index in [1.807, 2.05) is 0 Å². The summed E-state index contributed by atoms with van der Waals surface area (Å²) in [5, 5.41) is 9.37. The van der Waals surface area contributed by atoms with Crippen molar-refractivity contribution in [3.63, 3.8) is 0 Å². The van der Waals surface area contributed by atoms with E-state index in [2.05, 4.69) is 22.9 Å². The largest absolute Gasteiger partial charge is 0.351 e. The third-order valence-corrected chi connectivity index (χ3v) is 4.48. The van der Waals surface area contributed by atoms with Gasteiger partial charge in [0.25, 0.3) is 0 Å². The van der Waals surface area contributed by atoms with Crippen molar-refractivity contribution in [2.24, 2.45) is 5.92 Å². The van der Waals surface area contributed by atoms with Crippen LogP contribution in [0.3, 0.4) is 0 Å². The average molecular weight is 318 g/mol. The molecule has 0 aromatic heterocycles. The van der Waals surface area contributed by atoms with E-state index >= 15 is 0 Å². The number of rotatable bonds is 4. The van der Waals surface area contributed by atoms with Gasteiger partial charge in [-0.1, -0.05) is 12.8 Å². The van der Waals surface area contributed by atoms with E-state index in [0.29, 0.717) is 12.0 Å². The lowest BCUT2D eigenvalue weighted by atomic mass is 9.95. The van der Waals surface area contributed by atoms with E-state index in [1.165, 1.54) is 19.8 Å². The summed E-state index contributed by atoms with van der Waals surface area (Å²) < 4.78 is 0. The van der Waals surface area contributed by atoms with E-state index in [-0.39, 0.29) is 36.3 Å². The Morgan fingerprint density at radius 1 is 1.19 bits per heavy atom. The minimum atomic E-state index is -0.347. The highest BCUT2D eigenvalue weighted by molar-refractivity contribution is 5.87. The molecule has 3 unspecified atom stereocenters. The van der Waals surface area contributed by atoms with Crippen molar-refractivity contribution in [1.82, 2.24) is 16.0 Å². The first-order chi connectivity index (χ1) is 9.56. The van der Waals surface area contributed by atoms with Crippen LogP contribution in [0.4, 0.5) is 0 Å². The molecule has 1 saturated carbocycles. The van der Waals surface area contributed by atoms with E-state index in [4.69, 9.17) is 0 Å². The molecular weight excluding hydrogens is 290 g/mol. The van der Waals surface area contributed by atoms with Gasteiger partial charge in [0.05, 0.1) is 0 Å². The highest BCUT2D eigenvalue weighted by atomic mass is 35.5. The first-order valence-corrected chi connectivity index (χ1v) is 7.87. The van der Waals surface area contributed by atoms with Gasteiger partial charge in [0.15, 0.2) is 0 Å². The zero-order valence-corrected chi connectivity index (χ0v) is 13.8. The van der Waals surface area contributed by atoms with Crippen molar-refractivity contribution in [2.75, 3.05) is 6.54 Å². The van der Waals surface area contributed by atoms with E-state index in [1.54, 1.807) is 0 Å². The van der Waals surface area contributed by atoms with Gasteiger partial charge < -0.3 is 16.0 Å². The summed E-state index contributed by atoms with van der Waals surface area (Å²) >= 11 is 0. The van der Waals surface area contributed by atoms with Crippen molar-refractivity contribution in [2.45, 2.75) is 70.5 Å². The number of hydrogen-bond acceptors (Lipinski definition) is 3. The summed E-state index contributed by atoms with van der Waals surface area (Å²) in [6.07, 6.45) is 6.34. The monoisotopic (exact) mass is 317 g/mol. The number of piperidine rings is 1. The maximum Gasteiger partial charge on any atom is 0.243 e. The molecule has 3 atom stereocenters. The molecule has 0 bridgehead atoms. The van der Waals surface area contributed by atoms with Crippen LogP contribution in [0.25, 0.3) is 0 Å². The van der Waals surface area contributed by atoms with Crippen LogP contribution in [0.1, 0.15) is 52.4 Å². The summed E-state index contributed by atoms with van der Waals surface area (Å²) in [6.45, 7) is 4.57. The molecule has 0 aromatic carbocycles. The van der Waals surface area contributed by atoms with Crippen molar-refractivity contribution < 1.29 is 9.59 Å². The average Bonchev–Trinajstić information content (AvgIpc) is 2.89. The van der Waals surface area contributed by atoms with Crippen LogP contribution >= 0.6 is 12.4 Å². The maximum atomic E-state index is 12.5. The van der Waals surface area contributed by atoms with E-state index < -0.39 is 0 Å². The molecule has 1 heterocycles. The Labute approximate surface area is 133 Å². The van der Waals surface area contributed by atoms with Crippen molar-refractivity contribution in [3.8, 4) is 0 Å². The molecule has 0 aromatic rings. The predicted octanol–water partition coefficient (Wildman–Crippen LogP) is 1.36. The molecule has 0 radical (unpaired) electrons. The number of carbonyl (C=O) groups is 2. The third-order valence-electron chi connectivity index (χ3n) is 4.48. The Bertz CT molecular complexity index is 359. The van der Waals surface area contributed by atoms with Crippen molar-refractivity contribution in [3.05, 3.63) is 0 Å². The molecule has 2 aliphatic rings. The lowest BCUT2D eigenvalue weighted by molar-refractivity contribution is -0.130. The zero-order valence-electron chi connectivity index (χ0n) is 13.0. The van der Waals surface area contributed by atoms with Crippen LogP contribution in [-0.4, -0.2) is 36.5 Å². The quantitative estimate of drug-likeness (QED) is 0.733. The summed E-state index contributed by atoms with van der Waals surface area (Å²) in [4.78, 5) is 23.9. The van der Waals surface area contributed by atoms with E-state index in [9.17, 15) is 9.59 Å². The van der Waals surface area contributed by atoms with Gasteiger partial charge in [-0.15, -0.1) is 12.4 Å². The number of amides is 2. The van der Waals surface area contributed by atoms with Crippen molar-refractivity contribution in [1.29, 1.82) is 0 Å². The van der Waals surface area contributed by atoms with E-state index in [0.717, 1.165) is 32.2 Å². The summed E-state index contributed by atoms with van der Waals surface area (Å²) in [7, 11) is 0. The van der Waals surface area contributed by atoms with Gasteiger partial charge in [-0.2, -0.15) is 0 Å². The molecular formula is C15H28ClN3O2. The van der Waals surface area contributed by atoms with Gasteiger partial charge in [0, 0.05) is 19.0 Å². The normalized spacial score (nSPS) is 27.5. The van der Waals surface area contributed by atoms with Gasteiger partial charge in [-0.05, 0) is 45.1 Å². The standard InChI is InChI=1S/C15H27N3O2.ClH/c1-10-9-13(7-8-16-10)18-15(20)14(17-11(2)19)12-5-3-4-6-12;/h10,12-14,16H,3-9H2,1-2H3,(H,17,19)(H,18,20);1H. The second-order valence-corrected chi connectivity index (χ2v) is 6.31. The van der Waals surface area contributed by atoms with Crippen LogP contribution in [0, 0.1) is 5.92 Å². The fraction of sp³-hybridized carbons (Fsp3) is 0.867. The Morgan fingerprint density at radius 2 is 1.86 bits per heavy atom. The molecule has 0 spiro atoms. The second kappa shape index (κ2) is 8.59. The highest BCUT2D eigenvalue weighted by Crippen LogP contribution is 2.28. The van der Waals surface area contributed by atoms with Crippen LogP contribution in [0.15, 0.2) is 0 Å². The minimum Gasteiger partial charge on any atom is -0.351 e. The molecule has 3 N–H and O–H groups in total. The van der Waals surface area contributed by atoms with Crippen LogP contribution < -0.4 is 16.0 Å². The molecule has 21 heavy (non-hydrogen) atoms. The number of carbonyl (C=O) groups excluding carboxylic acids is 2. The van der Waals surface area contributed by atoms with Crippen LogP contribution in [0.2, 0.25) is 0 Å². The predicted molar refractivity (Wildman–Crippen MR) is 85.4 cm³/mol. The minimum absolute atomic E-state index is 0. The molecule has 122 valence electrons. The fourth-order valence-electron chi connectivity index (χ4n) is 3.46. The molecule has 1 aliphatic heterocycles. The molecule has 2 amide bonds. The Kier molecular flexibility index (Phi) is 7.46. The van der Waals surface area contributed by atoms with Gasteiger partial charge in [0.2, 0.25) is 11.8 Å². The van der Waals surface area contributed by atoms with Gasteiger partial charge in [-0.3, -0.25) is 9.59 Å². The SMILES string of the molecule is CC(=O)NC(C(=O)NC1CCNC(C)C1)C1CCCC1.Cl. The lowest BCUT2D eigenvalue weighted by Crippen LogP contribution is -2.54. The van der Waals surface area contributed by atoms with Crippen LogP contribution in [-0.2, 0) is 9.59 Å². The Morgan fingerprint density at radius 3 is 2.43 bits per heavy atom. The topological polar surface area (TPSA) is 70.2 Å². The first-order valence-electron chi connectivity index (χ1n) is 7.87. The Hall–Kier alpha value is -0.810. The molecule has 5 nitrogen and oxygen atoms in total. The summed E-state index contributed by atoms with van der Waals surface area (Å²) in [5.74, 6) is 0.194. The summed E-state index contributed by atoms with van der Waals surface area (Å²) in [5.41, 5.74) is 0. The maximum absolute atomic E-state index is 12.5. The van der Waals surface area contributed by atoms with Gasteiger partial charge in [0.1, 0.15) is 6.04 Å². The molecule has 2 fully saturated rings. The Balaban J connectivity index is 0.00000220. The summed E-state index contributed by atoms with van der Waals surface area (Å²) in [6, 6.07) is 0.330. The van der Waals surface area contributed by atoms with Gasteiger partial charge in [-0.25, -0.2) is 0 Å². The fourth-order valence-corrected chi connectivity index (χ4v) is 3.46. The molecule has 1 aliphatic carbocycles. The highest BCUT2D eigenvalue weighted by Gasteiger charge is 2.32. The number of nitrogens with one attached hydrogen (secondary N) is 3. The number of halogens is 1. The first kappa shape index (κ1) is 18.2. The van der Waals surface area contributed by atoms with Crippen molar-refractivity contribution >= 4 is 24.2 Å². The van der Waals surface area contributed by atoms with Crippen LogP contribution in [0.5, 0.6) is 0 Å². The molecule has 2 rings (SSSR count). The molecule has 1 saturated heterocycles. The smallest absolute Gasteiger partial charge is 0.243 e.